The van der Waals surface area contributed by atoms with Gasteiger partial charge in [0.1, 0.15) is 17.6 Å². The number of hydrogen-bond acceptors (Lipinski definition) is 5. The van der Waals surface area contributed by atoms with Crippen molar-refractivity contribution in [3.8, 4) is 11.5 Å². The Balaban J connectivity index is 1.76. The zero-order valence-corrected chi connectivity index (χ0v) is 17.1. The van der Waals surface area contributed by atoms with Crippen LogP contribution in [0.5, 0.6) is 11.5 Å². The Morgan fingerprint density at radius 2 is 2.19 bits per heavy atom. The van der Waals surface area contributed by atoms with Gasteiger partial charge in [-0.25, -0.2) is 13.4 Å². The molecule has 0 amide bonds. The molecule has 1 fully saturated rings. The second kappa shape index (κ2) is 8.37. The van der Waals surface area contributed by atoms with E-state index in [9.17, 15) is 8.42 Å². The molecule has 2 heterocycles. The average Bonchev–Trinajstić information content (AvgIpc) is 3.13. The van der Waals surface area contributed by atoms with Crippen molar-refractivity contribution in [2.45, 2.75) is 52.3 Å². The third kappa shape index (κ3) is 5.06. The summed E-state index contributed by atoms with van der Waals surface area (Å²) in [5.41, 5.74) is 2.13. The van der Waals surface area contributed by atoms with Gasteiger partial charge in [-0.15, -0.1) is 0 Å². The molecule has 8 heteroatoms. The molecule has 1 aromatic rings. The van der Waals surface area contributed by atoms with Gasteiger partial charge in [0.15, 0.2) is 15.8 Å². The molecule has 0 radical (unpaired) electrons. The van der Waals surface area contributed by atoms with Gasteiger partial charge in [-0.05, 0) is 39.3 Å². The lowest BCUT2D eigenvalue weighted by molar-refractivity contribution is 0.254. The number of hydrogen-bond donors (Lipinski definition) is 2. The predicted octanol–water partition coefficient (Wildman–Crippen LogP) is 1.65. The number of ether oxygens (including phenoxy) is 2. The molecule has 1 aromatic carbocycles. The number of nitrogens with zero attached hydrogens (tertiary/aromatic N) is 1. The van der Waals surface area contributed by atoms with Gasteiger partial charge in [-0.3, -0.25) is 0 Å². The summed E-state index contributed by atoms with van der Waals surface area (Å²) in [5, 5.41) is 6.43. The fourth-order valence-electron chi connectivity index (χ4n) is 3.48. The van der Waals surface area contributed by atoms with Crippen LogP contribution in [0, 0.1) is 0 Å². The quantitative estimate of drug-likeness (QED) is 0.562. The average molecular weight is 396 g/mol. The van der Waals surface area contributed by atoms with Crippen molar-refractivity contribution in [1.29, 1.82) is 0 Å². The summed E-state index contributed by atoms with van der Waals surface area (Å²) < 4.78 is 35.0. The first kappa shape index (κ1) is 19.8. The maximum Gasteiger partial charge on any atom is 0.191 e. The zero-order chi connectivity index (χ0) is 19.4. The van der Waals surface area contributed by atoms with Gasteiger partial charge in [0.2, 0.25) is 0 Å². The smallest absolute Gasteiger partial charge is 0.191 e. The zero-order valence-electron chi connectivity index (χ0n) is 16.2. The maximum absolute atomic E-state index is 11.7. The van der Waals surface area contributed by atoms with E-state index >= 15 is 0 Å². The number of sulfone groups is 1. The summed E-state index contributed by atoms with van der Waals surface area (Å²) >= 11 is 0. The molecule has 2 atom stereocenters. The summed E-state index contributed by atoms with van der Waals surface area (Å²) in [5.74, 6) is 2.75. The third-order valence-corrected chi connectivity index (χ3v) is 6.47. The molecule has 2 N–H and O–H groups in total. The predicted molar refractivity (Wildman–Crippen MR) is 106 cm³/mol. The van der Waals surface area contributed by atoms with E-state index in [0.29, 0.717) is 32.1 Å². The summed E-state index contributed by atoms with van der Waals surface area (Å²) in [6, 6.07) is 3.97. The molecule has 150 valence electrons. The number of fused-ring (bicyclic) bond motifs is 1. The molecule has 0 aromatic heterocycles. The normalized spacial score (nSPS) is 23.6. The minimum atomic E-state index is -2.93. The minimum absolute atomic E-state index is 0.0941. The fourth-order valence-corrected chi connectivity index (χ4v) is 5.15. The number of guanidine groups is 1. The Hall–Kier alpha value is -1.96. The van der Waals surface area contributed by atoms with Crippen LogP contribution in [-0.2, 0) is 22.8 Å². The molecule has 7 nitrogen and oxygen atoms in total. The van der Waals surface area contributed by atoms with E-state index in [4.69, 9.17) is 9.47 Å². The van der Waals surface area contributed by atoms with Crippen LogP contribution in [-0.4, -0.2) is 51.2 Å². The Morgan fingerprint density at radius 1 is 1.37 bits per heavy atom. The highest BCUT2D eigenvalue weighted by Gasteiger charge is 2.28. The number of aliphatic imine (C=N–C) groups is 1. The van der Waals surface area contributed by atoms with Crippen molar-refractivity contribution in [2.24, 2.45) is 4.99 Å². The van der Waals surface area contributed by atoms with Gasteiger partial charge in [-0.2, -0.15) is 0 Å². The van der Waals surface area contributed by atoms with Crippen LogP contribution in [0.2, 0.25) is 0 Å². The fraction of sp³-hybridized carbons (Fsp3) is 0.632. The monoisotopic (exact) mass is 395 g/mol. The molecule has 2 aliphatic heterocycles. The van der Waals surface area contributed by atoms with Crippen LogP contribution < -0.4 is 20.1 Å². The Bertz CT molecular complexity index is 807. The van der Waals surface area contributed by atoms with Crippen molar-refractivity contribution >= 4 is 15.8 Å². The first-order valence-corrected chi connectivity index (χ1v) is 11.4. The molecule has 0 bridgehead atoms. The highest BCUT2D eigenvalue weighted by atomic mass is 32.2. The molecule has 2 aliphatic rings. The van der Waals surface area contributed by atoms with Crippen LogP contribution in [0.1, 0.15) is 38.3 Å². The van der Waals surface area contributed by atoms with Crippen molar-refractivity contribution in [3.05, 3.63) is 23.3 Å². The second-order valence-corrected chi connectivity index (χ2v) is 9.30. The van der Waals surface area contributed by atoms with Crippen molar-refractivity contribution < 1.29 is 17.9 Å². The molecule has 0 aliphatic carbocycles. The molecule has 2 unspecified atom stereocenters. The van der Waals surface area contributed by atoms with Gasteiger partial charge in [0.25, 0.3) is 0 Å². The Kier molecular flexibility index (Phi) is 6.14. The standard InChI is InChI=1S/C19H29N3O4S/c1-4-20-19(22-16-6-7-27(23,24)12-16)21-11-15-10-18-14(8-13(3)26-18)9-17(15)25-5-2/h9-10,13,16H,4-8,11-12H2,1-3H3,(H2,20,21,22). The first-order chi connectivity index (χ1) is 12.9. The van der Waals surface area contributed by atoms with Gasteiger partial charge < -0.3 is 20.1 Å². The summed E-state index contributed by atoms with van der Waals surface area (Å²) in [6.07, 6.45) is 1.68. The lowest BCUT2D eigenvalue weighted by Crippen LogP contribution is -2.44. The van der Waals surface area contributed by atoms with Gasteiger partial charge in [0.05, 0.1) is 24.7 Å². The van der Waals surface area contributed by atoms with E-state index in [1.54, 1.807) is 0 Å². The van der Waals surface area contributed by atoms with Gasteiger partial charge >= 0.3 is 0 Å². The topological polar surface area (TPSA) is 89.0 Å². The van der Waals surface area contributed by atoms with Gasteiger partial charge in [-0.1, -0.05) is 0 Å². The Morgan fingerprint density at radius 3 is 2.85 bits per heavy atom. The van der Waals surface area contributed by atoms with Crippen LogP contribution in [0.3, 0.4) is 0 Å². The molecule has 3 rings (SSSR count). The number of rotatable bonds is 6. The molecular weight excluding hydrogens is 366 g/mol. The van der Waals surface area contributed by atoms with Gasteiger partial charge in [0, 0.05) is 30.1 Å². The van der Waals surface area contributed by atoms with E-state index in [1.165, 1.54) is 5.56 Å². The number of benzene rings is 1. The highest BCUT2D eigenvalue weighted by molar-refractivity contribution is 7.91. The molecule has 0 spiro atoms. The molecular formula is C19H29N3O4S. The molecule has 27 heavy (non-hydrogen) atoms. The van der Waals surface area contributed by atoms with Crippen molar-refractivity contribution in [2.75, 3.05) is 24.7 Å². The molecule has 1 saturated heterocycles. The minimum Gasteiger partial charge on any atom is -0.494 e. The van der Waals surface area contributed by atoms with Crippen LogP contribution in [0.4, 0.5) is 0 Å². The van der Waals surface area contributed by atoms with Crippen LogP contribution >= 0.6 is 0 Å². The maximum atomic E-state index is 11.7. The van der Waals surface area contributed by atoms with Crippen molar-refractivity contribution in [3.63, 3.8) is 0 Å². The van der Waals surface area contributed by atoms with E-state index in [2.05, 4.69) is 28.6 Å². The number of nitrogens with one attached hydrogen (secondary N) is 2. The summed E-state index contributed by atoms with van der Waals surface area (Å²) in [4.78, 5) is 4.65. The molecule has 0 saturated carbocycles. The van der Waals surface area contributed by atoms with E-state index in [1.807, 2.05) is 19.9 Å². The van der Waals surface area contributed by atoms with Crippen LogP contribution in [0.25, 0.3) is 0 Å². The van der Waals surface area contributed by atoms with E-state index in [0.717, 1.165) is 23.5 Å². The largest absolute Gasteiger partial charge is 0.494 e. The van der Waals surface area contributed by atoms with E-state index < -0.39 is 9.84 Å². The van der Waals surface area contributed by atoms with Crippen molar-refractivity contribution in [1.82, 2.24) is 10.6 Å². The first-order valence-electron chi connectivity index (χ1n) is 9.60. The third-order valence-electron chi connectivity index (χ3n) is 4.70. The summed E-state index contributed by atoms with van der Waals surface area (Å²) in [7, 11) is -2.93. The highest BCUT2D eigenvalue weighted by Crippen LogP contribution is 2.35. The van der Waals surface area contributed by atoms with Crippen LogP contribution in [0.15, 0.2) is 17.1 Å². The SMILES string of the molecule is CCNC(=NCc1cc2c(cc1OCC)CC(C)O2)NC1CCS(=O)(=O)C1. The second-order valence-electron chi connectivity index (χ2n) is 7.07. The van der Waals surface area contributed by atoms with E-state index in [-0.39, 0.29) is 23.7 Å². The Labute approximate surface area is 161 Å². The lowest BCUT2D eigenvalue weighted by atomic mass is 10.1. The summed E-state index contributed by atoms with van der Waals surface area (Å²) in [6.45, 7) is 7.72. The lowest BCUT2D eigenvalue weighted by Gasteiger charge is -2.16.